The monoisotopic (exact) mass is 241 g/mol. The Morgan fingerprint density at radius 3 is 2.71 bits per heavy atom. The summed E-state index contributed by atoms with van der Waals surface area (Å²) in [6.45, 7) is 1.81. The molecular formula is C10H15N3O4. The maximum atomic E-state index is 11.0. The van der Waals surface area contributed by atoms with Crippen LogP contribution < -0.4 is 5.32 Å². The molecule has 0 aliphatic rings. The average Bonchev–Trinajstić information content (AvgIpc) is 2.56. The Labute approximate surface area is 98.4 Å². The summed E-state index contributed by atoms with van der Waals surface area (Å²) < 4.78 is 5.96. The predicted molar refractivity (Wildman–Crippen MR) is 58.6 cm³/mol. The number of aryl methyl sites for hydroxylation is 2. The number of ether oxygens (including phenoxy) is 1. The van der Waals surface area contributed by atoms with E-state index in [1.54, 1.807) is 17.8 Å². The van der Waals surface area contributed by atoms with E-state index < -0.39 is 18.1 Å². The van der Waals surface area contributed by atoms with Crippen molar-refractivity contribution < 1.29 is 19.4 Å². The SMILES string of the molecule is COC(=O)N[C@@H](Cc1cc(C)nn1C)C(=O)O. The van der Waals surface area contributed by atoms with Crippen LogP contribution in [0, 0.1) is 6.92 Å². The number of carboxylic acid groups (broad SMARTS) is 1. The summed E-state index contributed by atoms with van der Waals surface area (Å²) in [6.07, 6.45) is -0.613. The highest BCUT2D eigenvalue weighted by Gasteiger charge is 2.22. The van der Waals surface area contributed by atoms with E-state index in [0.717, 1.165) is 11.4 Å². The molecule has 1 heterocycles. The van der Waals surface area contributed by atoms with Crippen LogP contribution in [0.2, 0.25) is 0 Å². The highest BCUT2D eigenvalue weighted by atomic mass is 16.5. The zero-order chi connectivity index (χ0) is 13.0. The van der Waals surface area contributed by atoms with Crippen LogP contribution in [-0.4, -0.2) is 40.1 Å². The number of carbonyl (C=O) groups is 2. The summed E-state index contributed by atoms with van der Waals surface area (Å²) in [5.74, 6) is -1.12. The van der Waals surface area contributed by atoms with E-state index in [2.05, 4.69) is 15.2 Å². The van der Waals surface area contributed by atoms with Gasteiger partial charge in [-0.05, 0) is 13.0 Å². The normalized spacial score (nSPS) is 11.9. The Bertz CT molecular complexity index is 427. The van der Waals surface area contributed by atoms with E-state index in [-0.39, 0.29) is 6.42 Å². The molecule has 1 aromatic rings. The van der Waals surface area contributed by atoms with Crippen LogP contribution in [0.5, 0.6) is 0 Å². The molecule has 94 valence electrons. The van der Waals surface area contributed by atoms with E-state index in [1.165, 1.54) is 7.11 Å². The van der Waals surface area contributed by atoms with Gasteiger partial charge in [0.2, 0.25) is 0 Å². The number of carboxylic acids is 1. The topological polar surface area (TPSA) is 93.5 Å². The third-order valence-electron chi connectivity index (χ3n) is 2.29. The molecule has 1 rings (SSSR count). The molecule has 0 fully saturated rings. The highest BCUT2D eigenvalue weighted by molar-refractivity contribution is 5.80. The van der Waals surface area contributed by atoms with Crippen molar-refractivity contribution in [2.45, 2.75) is 19.4 Å². The second-order valence-electron chi connectivity index (χ2n) is 3.63. The van der Waals surface area contributed by atoms with Gasteiger partial charge in [0.15, 0.2) is 0 Å². The number of hydrogen-bond acceptors (Lipinski definition) is 4. The number of hydrogen-bond donors (Lipinski definition) is 2. The first-order valence-electron chi connectivity index (χ1n) is 5.01. The van der Waals surface area contributed by atoms with Crippen LogP contribution in [0.1, 0.15) is 11.4 Å². The van der Waals surface area contributed by atoms with Gasteiger partial charge in [0, 0.05) is 19.2 Å². The lowest BCUT2D eigenvalue weighted by molar-refractivity contribution is -0.139. The van der Waals surface area contributed by atoms with Gasteiger partial charge in [-0.15, -0.1) is 0 Å². The summed E-state index contributed by atoms with van der Waals surface area (Å²) in [4.78, 5) is 22.0. The lowest BCUT2D eigenvalue weighted by Crippen LogP contribution is -2.42. The van der Waals surface area contributed by atoms with E-state index in [4.69, 9.17) is 5.11 Å². The molecule has 1 aromatic heterocycles. The fraction of sp³-hybridized carbons (Fsp3) is 0.500. The molecular weight excluding hydrogens is 226 g/mol. The van der Waals surface area contributed by atoms with Crippen LogP contribution in [-0.2, 0) is 23.0 Å². The van der Waals surface area contributed by atoms with E-state index in [9.17, 15) is 9.59 Å². The molecule has 0 aliphatic heterocycles. The van der Waals surface area contributed by atoms with Gasteiger partial charge in [-0.2, -0.15) is 5.10 Å². The van der Waals surface area contributed by atoms with Gasteiger partial charge in [-0.1, -0.05) is 0 Å². The van der Waals surface area contributed by atoms with Crippen molar-refractivity contribution in [1.29, 1.82) is 0 Å². The zero-order valence-electron chi connectivity index (χ0n) is 9.93. The van der Waals surface area contributed by atoms with Crippen molar-refractivity contribution in [1.82, 2.24) is 15.1 Å². The Kier molecular flexibility index (Phi) is 4.08. The van der Waals surface area contributed by atoms with E-state index in [0.29, 0.717) is 0 Å². The average molecular weight is 241 g/mol. The van der Waals surface area contributed by atoms with Gasteiger partial charge in [-0.25, -0.2) is 9.59 Å². The number of methoxy groups -OCH3 is 1. The molecule has 1 atom stereocenters. The fourth-order valence-electron chi connectivity index (χ4n) is 1.47. The van der Waals surface area contributed by atoms with Gasteiger partial charge in [0.1, 0.15) is 6.04 Å². The molecule has 1 amide bonds. The number of alkyl carbamates (subject to hydrolysis) is 1. The Morgan fingerprint density at radius 1 is 1.65 bits per heavy atom. The van der Waals surface area contributed by atoms with Gasteiger partial charge in [0.25, 0.3) is 0 Å². The predicted octanol–water partition coefficient (Wildman–Crippen LogP) is 0.0802. The molecule has 0 saturated carbocycles. The maximum absolute atomic E-state index is 11.0. The first-order chi connectivity index (χ1) is 7.93. The smallest absolute Gasteiger partial charge is 0.407 e. The lowest BCUT2D eigenvalue weighted by atomic mass is 10.1. The first kappa shape index (κ1) is 13.0. The van der Waals surface area contributed by atoms with Crippen LogP contribution >= 0.6 is 0 Å². The third kappa shape index (κ3) is 3.47. The van der Waals surface area contributed by atoms with E-state index >= 15 is 0 Å². The number of nitrogens with zero attached hydrogens (tertiary/aromatic N) is 2. The van der Waals surface area contributed by atoms with Crippen LogP contribution in [0.4, 0.5) is 4.79 Å². The van der Waals surface area contributed by atoms with Crippen molar-refractivity contribution in [3.8, 4) is 0 Å². The maximum Gasteiger partial charge on any atom is 0.407 e. The molecule has 0 radical (unpaired) electrons. The Balaban J connectivity index is 2.77. The Morgan fingerprint density at radius 2 is 2.29 bits per heavy atom. The summed E-state index contributed by atoms with van der Waals surface area (Å²) in [6, 6.07) is 0.742. The van der Waals surface area contributed by atoms with Crippen molar-refractivity contribution in [3.63, 3.8) is 0 Å². The van der Waals surface area contributed by atoms with Crippen molar-refractivity contribution >= 4 is 12.1 Å². The molecule has 0 aliphatic carbocycles. The highest BCUT2D eigenvalue weighted by Crippen LogP contribution is 2.05. The molecule has 17 heavy (non-hydrogen) atoms. The Hall–Kier alpha value is -2.05. The van der Waals surface area contributed by atoms with Gasteiger partial charge >= 0.3 is 12.1 Å². The number of carbonyl (C=O) groups excluding carboxylic acids is 1. The molecule has 7 nitrogen and oxygen atoms in total. The van der Waals surface area contributed by atoms with Crippen LogP contribution in [0.15, 0.2) is 6.07 Å². The quantitative estimate of drug-likeness (QED) is 0.778. The molecule has 2 N–H and O–H groups in total. The lowest BCUT2D eigenvalue weighted by Gasteiger charge is -2.13. The summed E-state index contributed by atoms with van der Waals surface area (Å²) in [5, 5.41) is 15.3. The number of rotatable bonds is 4. The summed E-state index contributed by atoms with van der Waals surface area (Å²) in [5.41, 5.74) is 1.52. The number of nitrogens with one attached hydrogen (secondary N) is 1. The van der Waals surface area contributed by atoms with Crippen LogP contribution in [0.3, 0.4) is 0 Å². The standard InChI is InChI=1S/C10H15N3O4/c1-6-4-7(13(2)12-6)5-8(9(14)15)11-10(16)17-3/h4,8H,5H2,1-3H3,(H,11,16)(H,14,15)/t8-/m0/s1. The molecule has 0 bridgehead atoms. The van der Waals surface area contributed by atoms with Gasteiger partial charge < -0.3 is 15.2 Å². The van der Waals surface area contributed by atoms with Crippen molar-refractivity contribution in [2.75, 3.05) is 7.11 Å². The second kappa shape index (κ2) is 5.33. The van der Waals surface area contributed by atoms with E-state index in [1.807, 2.05) is 6.92 Å². The zero-order valence-corrected chi connectivity index (χ0v) is 9.93. The van der Waals surface area contributed by atoms with Crippen LogP contribution in [0.25, 0.3) is 0 Å². The molecule has 0 saturated heterocycles. The largest absolute Gasteiger partial charge is 0.480 e. The minimum Gasteiger partial charge on any atom is -0.480 e. The molecule has 7 heteroatoms. The summed E-state index contributed by atoms with van der Waals surface area (Å²) in [7, 11) is 2.90. The van der Waals surface area contributed by atoms with Gasteiger partial charge in [0.05, 0.1) is 12.8 Å². The number of amides is 1. The van der Waals surface area contributed by atoms with Crippen molar-refractivity contribution in [3.05, 3.63) is 17.5 Å². The first-order valence-corrected chi connectivity index (χ1v) is 5.01. The molecule has 0 aromatic carbocycles. The second-order valence-corrected chi connectivity index (χ2v) is 3.63. The fourth-order valence-corrected chi connectivity index (χ4v) is 1.47. The molecule has 0 spiro atoms. The van der Waals surface area contributed by atoms with Crippen molar-refractivity contribution in [2.24, 2.45) is 7.05 Å². The third-order valence-corrected chi connectivity index (χ3v) is 2.29. The molecule has 0 unspecified atom stereocenters. The number of aromatic nitrogens is 2. The minimum absolute atomic E-state index is 0.155. The summed E-state index contributed by atoms with van der Waals surface area (Å²) >= 11 is 0. The minimum atomic E-state index is -1.12. The number of aliphatic carboxylic acids is 1. The van der Waals surface area contributed by atoms with Gasteiger partial charge in [-0.3, -0.25) is 4.68 Å².